The summed E-state index contributed by atoms with van der Waals surface area (Å²) >= 11 is 1.32. The number of hydrogen-bond acceptors (Lipinski definition) is 4. The van der Waals surface area contributed by atoms with E-state index in [0.717, 1.165) is 19.4 Å². The van der Waals surface area contributed by atoms with Gasteiger partial charge in [0.2, 0.25) is 0 Å². The molecule has 16 heavy (non-hydrogen) atoms. The molecule has 2 heterocycles. The Balaban J connectivity index is 2.16. The van der Waals surface area contributed by atoms with E-state index in [1.807, 2.05) is 6.07 Å². The van der Waals surface area contributed by atoms with Crippen LogP contribution in [0.15, 0.2) is 11.4 Å². The number of piperidine rings is 1. The highest BCUT2D eigenvalue weighted by atomic mass is 32.1. The van der Waals surface area contributed by atoms with Crippen molar-refractivity contribution in [2.75, 3.05) is 13.1 Å². The molecule has 1 aromatic heterocycles. The highest BCUT2D eigenvalue weighted by Gasteiger charge is 2.24. The standard InChI is InChI=1S/C11H13N3OS/c12-6-8-3-5-16-10(8)11(15)14-4-1-2-9(13)7-14/h3,5,9H,1-2,4,7,13H2. The van der Waals surface area contributed by atoms with E-state index < -0.39 is 0 Å². The molecule has 0 spiro atoms. The van der Waals surface area contributed by atoms with Crippen LogP contribution in [-0.2, 0) is 0 Å². The summed E-state index contributed by atoms with van der Waals surface area (Å²) in [7, 11) is 0. The van der Waals surface area contributed by atoms with Crippen molar-refractivity contribution in [2.24, 2.45) is 5.73 Å². The molecule has 0 aliphatic carbocycles. The lowest BCUT2D eigenvalue weighted by molar-refractivity contribution is 0.0713. The summed E-state index contributed by atoms with van der Waals surface area (Å²) < 4.78 is 0. The van der Waals surface area contributed by atoms with Crippen LogP contribution >= 0.6 is 11.3 Å². The molecular weight excluding hydrogens is 222 g/mol. The van der Waals surface area contributed by atoms with Crippen LogP contribution in [0.2, 0.25) is 0 Å². The minimum absolute atomic E-state index is 0.0540. The molecule has 1 aliphatic rings. The maximum Gasteiger partial charge on any atom is 0.265 e. The quantitative estimate of drug-likeness (QED) is 0.794. The summed E-state index contributed by atoms with van der Waals surface area (Å²) in [6, 6.07) is 3.79. The predicted octanol–water partition coefficient (Wildman–Crippen LogP) is 1.18. The zero-order valence-corrected chi connectivity index (χ0v) is 9.67. The van der Waals surface area contributed by atoms with Crippen molar-refractivity contribution in [2.45, 2.75) is 18.9 Å². The lowest BCUT2D eigenvalue weighted by Crippen LogP contribution is -2.45. The van der Waals surface area contributed by atoms with Gasteiger partial charge in [-0.1, -0.05) is 0 Å². The molecule has 0 saturated carbocycles. The van der Waals surface area contributed by atoms with Gasteiger partial charge in [0.05, 0.1) is 5.56 Å². The fraction of sp³-hybridized carbons (Fsp3) is 0.455. The van der Waals surface area contributed by atoms with Crippen LogP contribution in [0.1, 0.15) is 28.1 Å². The molecule has 1 saturated heterocycles. The number of amides is 1. The van der Waals surface area contributed by atoms with E-state index in [1.165, 1.54) is 11.3 Å². The molecule has 1 unspecified atom stereocenters. The van der Waals surface area contributed by atoms with E-state index in [4.69, 9.17) is 11.0 Å². The van der Waals surface area contributed by atoms with Crippen molar-refractivity contribution in [1.82, 2.24) is 4.90 Å². The SMILES string of the molecule is N#Cc1ccsc1C(=O)N1CCCC(N)C1. The third-order valence-electron chi connectivity index (χ3n) is 2.72. The topological polar surface area (TPSA) is 70.1 Å². The maximum atomic E-state index is 12.1. The molecule has 0 bridgehead atoms. The van der Waals surface area contributed by atoms with Crippen molar-refractivity contribution in [3.8, 4) is 6.07 Å². The molecule has 0 aromatic carbocycles. The highest BCUT2D eigenvalue weighted by Crippen LogP contribution is 2.20. The summed E-state index contributed by atoms with van der Waals surface area (Å²) in [4.78, 5) is 14.4. The molecule has 84 valence electrons. The molecule has 2 N–H and O–H groups in total. The van der Waals surface area contributed by atoms with Gasteiger partial charge in [-0.2, -0.15) is 5.26 Å². The first-order valence-electron chi connectivity index (χ1n) is 5.25. The monoisotopic (exact) mass is 235 g/mol. The molecule has 4 nitrogen and oxygen atoms in total. The minimum atomic E-state index is -0.0540. The summed E-state index contributed by atoms with van der Waals surface area (Å²) in [5, 5.41) is 10.6. The molecule has 1 fully saturated rings. The van der Waals surface area contributed by atoms with Crippen LogP contribution in [0.5, 0.6) is 0 Å². The van der Waals surface area contributed by atoms with Gasteiger partial charge in [-0.15, -0.1) is 11.3 Å². The molecule has 1 amide bonds. The molecule has 0 radical (unpaired) electrons. The van der Waals surface area contributed by atoms with Gasteiger partial charge in [-0.05, 0) is 24.3 Å². The van der Waals surface area contributed by atoms with Crippen LogP contribution in [-0.4, -0.2) is 29.9 Å². The van der Waals surface area contributed by atoms with Gasteiger partial charge >= 0.3 is 0 Å². The highest BCUT2D eigenvalue weighted by molar-refractivity contribution is 7.12. The first kappa shape index (κ1) is 11.1. The Morgan fingerprint density at radius 1 is 1.69 bits per heavy atom. The Hall–Kier alpha value is -1.38. The van der Waals surface area contributed by atoms with Crippen LogP contribution < -0.4 is 5.73 Å². The third kappa shape index (κ3) is 2.08. The lowest BCUT2D eigenvalue weighted by atomic mass is 10.1. The van der Waals surface area contributed by atoms with Crippen molar-refractivity contribution in [3.63, 3.8) is 0 Å². The third-order valence-corrected chi connectivity index (χ3v) is 3.63. The molecule has 5 heteroatoms. The zero-order chi connectivity index (χ0) is 11.5. The van der Waals surface area contributed by atoms with Crippen molar-refractivity contribution in [1.29, 1.82) is 5.26 Å². The first-order valence-corrected chi connectivity index (χ1v) is 6.13. The molecular formula is C11H13N3OS. The predicted molar refractivity (Wildman–Crippen MR) is 62.1 cm³/mol. The largest absolute Gasteiger partial charge is 0.336 e. The van der Waals surface area contributed by atoms with Crippen molar-refractivity contribution in [3.05, 3.63) is 21.9 Å². The van der Waals surface area contributed by atoms with Crippen LogP contribution in [0.4, 0.5) is 0 Å². The number of carbonyl (C=O) groups is 1. The Morgan fingerprint density at radius 3 is 3.19 bits per heavy atom. The summed E-state index contributed by atoms with van der Waals surface area (Å²) in [5.41, 5.74) is 6.30. The Labute approximate surface area is 98.3 Å². The van der Waals surface area contributed by atoms with Crippen LogP contribution in [0.25, 0.3) is 0 Å². The van der Waals surface area contributed by atoms with Gasteiger partial charge in [-0.3, -0.25) is 4.79 Å². The number of likely N-dealkylation sites (tertiary alicyclic amines) is 1. The van der Waals surface area contributed by atoms with E-state index in [1.54, 1.807) is 16.3 Å². The number of hydrogen-bond donors (Lipinski definition) is 1. The Kier molecular flexibility index (Phi) is 3.22. The molecule has 1 aromatic rings. The Bertz CT molecular complexity index is 435. The van der Waals surface area contributed by atoms with E-state index >= 15 is 0 Å². The number of nitrogens with zero attached hydrogens (tertiary/aromatic N) is 2. The number of nitriles is 1. The van der Waals surface area contributed by atoms with Crippen molar-refractivity contribution < 1.29 is 4.79 Å². The van der Waals surface area contributed by atoms with Gasteiger partial charge < -0.3 is 10.6 Å². The van der Waals surface area contributed by atoms with Gasteiger partial charge in [0, 0.05) is 19.1 Å². The smallest absolute Gasteiger partial charge is 0.265 e. The average Bonchev–Trinajstić information content (AvgIpc) is 2.76. The van der Waals surface area contributed by atoms with Gasteiger partial charge in [0.25, 0.3) is 5.91 Å². The number of rotatable bonds is 1. The lowest BCUT2D eigenvalue weighted by Gasteiger charge is -2.30. The van der Waals surface area contributed by atoms with Gasteiger partial charge in [0.15, 0.2) is 0 Å². The molecule has 1 aliphatic heterocycles. The second kappa shape index (κ2) is 4.64. The summed E-state index contributed by atoms with van der Waals surface area (Å²) in [6.07, 6.45) is 1.92. The zero-order valence-electron chi connectivity index (χ0n) is 8.85. The fourth-order valence-corrected chi connectivity index (χ4v) is 2.71. The maximum absolute atomic E-state index is 12.1. The number of nitrogens with two attached hydrogens (primary N) is 1. The van der Waals surface area contributed by atoms with E-state index in [9.17, 15) is 4.79 Å². The normalized spacial score (nSPS) is 20.5. The second-order valence-electron chi connectivity index (χ2n) is 3.93. The fourth-order valence-electron chi connectivity index (χ4n) is 1.90. The van der Waals surface area contributed by atoms with E-state index in [-0.39, 0.29) is 11.9 Å². The van der Waals surface area contributed by atoms with Crippen LogP contribution in [0, 0.1) is 11.3 Å². The average molecular weight is 235 g/mol. The summed E-state index contributed by atoms with van der Waals surface area (Å²) in [6.45, 7) is 1.34. The van der Waals surface area contributed by atoms with Crippen LogP contribution in [0.3, 0.4) is 0 Å². The minimum Gasteiger partial charge on any atom is -0.336 e. The van der Waals surface area contributed by atoms with Gasteiger partial charge in [-0.25, -0.2) is 0 Å². The second-order valence-corrected chi connectivity index (χ2v) is 4.84. The first-order chi connectivity index (χ1) is 7.72. The number of thiophene rings is 1. The van der Waals surface area contributed by atoms with Gasteiger partial charge in [0.1, 0.15) is 10.9 Å². The van der Waals surface area contributed by atoms with Crippen molar-refractivity contribution >= 4 is 17.2 Å². The Morgan fingerprint density at radius 2 is 2.50 bits per heavy atom. The molecule has 2 rings (SSSR count). The molecule has 1 atom stereocenters. The van der Waals surface area contributed by atoms with E-state index in [0.29, 0.717) is 17.0 Å². The van der Waals surface area contributed by atoms with E-state index in [2.05, 4.69) is 0 Å². The summed E-state index contributed by atoms with van der Waals surface area (Å²) in [5.74, 6) is -0.0540. The number of carbonyl (C=O) groups excluding carboxylic acids is 1.